The number of rotatable bonds is 4. The van der Waals surface area contributed by atoms with E-state index in [0.717, 1.165) is 5.69 Å². The van der Waals surface area contributed by atoms with Crippen molar-refractivity contribution in [3.63, 3.8) is 0 Å². The van der Waals surface area contributed by atoms with Gasteiger partial charge in [-0.3, -0.25) is 0 Å². The number of thioether (sulfide) groups is 1. The van der Waals surface area contributed by atoms with Crippen LogP contribution in [0.1, 0.15) is 18.2 Å². The fourth-order valence-corrected chi connectivity index (χ4v) is 2.05. The summed E-state index contributed by atoms with van der Waals surface area (Å²) in [4.78, 5) is 4.31. The zero-order chi connectivity index (χ0) is 12.1. The molecule has 0 saturated carbocycles. The van der Waals surface area contributed by atoms with Crippen LogP contribution in [-0.4, -0.2) is 33.0 Å². The zero-order valence-corrected chi connectivity index (χ0v) is 10.0. The van der Waals surface area contributed by atoms with Gasteiger partial charge in [0.05, 0.1) is 12.2 Å². The van der Waals surface area contributed by atoms with Gasteiger partial charge in [0.15, 0.2) is 5.84 Å². The second kappa shape index (κ2) is 5.72. The van der Waals surface area contributed by atoms with Crippen molar-refractivity contribution >= 4 is 17.6 Å². The number of nitrogens with two attached hydrogens (primary N) is 1. The van der Waals surface area contributed by atoms with Gasteiger partial charge in [-0.15, -0.1) is 11.8 Å². The van der Waals surface area contributed by atoms with Crippen molar-refractivity contribution in [2.45, 2.75) is 24.1 Å². The van der Waals surface area contributed by atoms with Gasteiger partial charge in [0.1, 0.15) is 5.03 Å². The minimum atomic E-state index is 0.0135. The third kappa shape index (κ3) is 3.11. The van der Waals surface area contributed by atoms with E-state index in [1.807, 2.05) is 13.8 Å². The normalized spacial score (nSPS) is 13.8. The molecule has 0 aromatic carbocycles. The molecule has 1 aromatic heterocycles. The maximum absolute atomic E-state index is 8.99. The van der Waals surface area contributed by atoms with Crippen LogP contribution in [0.5, 0.6) is 0 Å². The lowest BCUT2D eigenvalue weighted by Gasteiger charge is -2.11. The van der Waals surface area contributed by atoms with Crippen molar-refractivity contribution in [1.29, 1.82) is 0 Å². The summed E-state index contributed by atoms with van der Waals surface area (Å²) in [6.07, 6.45) is 0. The molecule has 88 valence electrons. The largest absolute Gasteiger partial charge is 0.409 e. The third-order valence-electron chi connectivity index (χ3n) is 1.95. The summed E-state index contributed by atoms with van der Waals surface area (Å²) in [5, 5.41) is 21.3. The van der Waals surface area contributed by atoms with Crippen molar-refractivity contribution < 1.29 is 10.3 Å². The van der Waals surface area contributed by atoms with E-state index in [2.05, 4.69) is 10.1 Å². The van der Waals surface area contributed by atoms with Crippen LogP contribution in [0.3, 0.4) is 0 Å². The highest BCUT2D eigenvalue weighted by Gasteiger charge is 2.12. The number of aliphatic hydroxyl groups is 1. The lowest BCUT2D eigenvalue weighted by atomic mass is 10.2. The number of aromatic nitrogens is 1. The molecule has 0 aliphatic rings. The number of oxime groups is 1. The SMILES string of the molecule is Cc1ccc(/C(N)=N/O)c(SC(C)CO)n1. The summed E-state index contributed by atoms with van der Waals surface area (Å²) in [5.41, 5.74) is 6.98. The molecule has 0 bridgehead atoms. The highest BCUT2D eigenvalue weighted by molar-refractivity contribution is 7.99. The predicted molar refractivity (Wildman–Crippen MR) is 63.9 cm³/mol. The molecule has 0 radical (unpaired) electrons. The zero-order valence-electron chi connectivity index (χ0n) is 9.21. The monoisotopic (exact) mass is 241 g/mol. The third-order valence-corrected chi connectivity index (χ3v) is 3.04. The summed E-state index contributed by atoms with van der Waals surface area (Å²) in [5.74, 6) is 0.0279. The number of pyridine rings is 1. The van der Waals surface area contributed by atoms with Crippen LogP contribution in [0.2, 0.25) is 0 Å². The molecule has 4 N–H and O–H groups in total. The Labute approximate surface area is 98.4 Å². The van der Waals surface area contributed by atoms with Crippen LogP contribution in [0.15, 0.2) is 22.3 Å². The summed E-state index contributed by atoms with van der Waals surface area (Å²) in [7, 11) is 0. The van der Waals surface area contributed by atoms with Crippen molar-refractivity contribution in [2.75, 3.05) is 6.61 Å². The Morgan fingerprint density at radius 1 is 1.62 bits per heavy atom. The maximum Gasteiger partial charge on any atom is 0.172 e. The Balaban J connectivity index is 3.08. The van der Waals surface area contributed by atoms with Crippen LogP contribution >= 0.6 is 11.8 Å². The van der Waals surface area contributed by atoms with E-state index in [-0.39, 0.29) is 17.7 Å². The van der Waals surface area contributed by atoms with E-state index in [4.69, 9.17) is 16.0 Å². The van der Waals surface area contributed by atoms with Crippen molar-refractivity contribution in [2.24, 2.45) is 10.9 Å². The molecule has 0 aliphatic carbocycles. The number of hydrogen-bond donors (Lipinski definition) is 3. The highest BCUT2D eigenvalue weighted by atomic mass is 32.2. The molecule has 0 fully saturated rings. The summed E-state index contributed by atoms with van der Waals surface area (Å²) < 4.78 is 0. The summed E-state index contributed by atoms with van der Waals surface area (Å²) >= 11 is 1.39. The van der Waals surface area contributed by atoms with Gasteiger partial charge in [-0.1, -0.05) is 12.1 Å². The Bertz CT molecular complexity index is 396. The van der Waals surface area contributed by atoms with Crippen LogP contribution in [-0.2, 0) is 0 Å². The molecule has 1 heterocycles. The van der Waals surface area contributed by atoms with Crippen LogP contribution < -0.4 is 5.73 Å². The van der Waals surface area contributed by atoms with E-state index in [1.54, 1.807) is 12.1 Å². The Hall–Kier alpha value is -1.27. The molecule has 0 saturated heterocycles. The molecule has 1 rings (SSSR count). The fourth-order valence-electron chi connectivity index (χ4n) is 1.10. The smallest absolute Gasteiger partial charge is 0.172 e. The quantitative estimate of drug-likeness (QED) is 0.240. The molecule has 1 aromatic rings. The Morgan fingerprint density at radius 2 is 2.31 bits per heavy atom. The van der Waals surface area contributed by atoms with Gasteiger partial charge in [-0.25, -0.2) is 4.98 Å². The second-order valence-corrected chi connectivity index (χ2v) is 4.83. The van der Waals surface area contributed by atoms with Gasteiger partial charge in [0.25, 0.3) is 0 Å². The van der Waals surface area contributed by atoms with Crippen LogP contribution in [0.4, 0.5) is 0 Å². The minimum absolute atomic E-state index is 0.0135. The van der Waals surface area contributed by atoms with Crippen LogP contribution in [0.25, 0.3) is 0 Å². The van der Waals surface area contributed by atoms with Gasteiger partial charge >= 0.3 is 0 Å². The number of aliphatic hydroxyl groups excluding tert-OH is 1. The van der Waals surface area contributed by atoms with E-state index in [1.165, 1.54) is 11.8 Å². The molecule has 1 unspecified atom stereocenters. The lowest BCUT2D eigenvalue weighted by molar-refractivity contribution is 0.300. The highest BCUT2D eigenvalue weighted by Crippen LogP contribution is 2.24. The molecule has 5 nitrogen and oxygen atoms in total. The molecule has 16 heavy (non-hydrogen) atoms. The maximum atomic E-state index is 8.99. The van der Waals surface area contributed by atoms with E-state index in [9.17, 15) is 0 Å². The predicted octanol–water partition coefficient (Wildman–Crippen LogP) is 0.957. The van der Waals surface area contributed by atoms with Gasteiger partial charge in [0, 0.05) is 10.9 Å². The topological polar surface area (TPSA) is 91.7 Å². The van der Waals surface area contributed by atoms with E-state index in [0.29, 0.717) is 10.6 Å². The molecule has 0 amide bonds. The molecule has 6 heteroatoms. The first-order chi connectivity index (χ1) is 7.58. The number of aryl methyl sites for hydroxylation is 1. The fraction of sp³-hybridized carbons (Fsp3) is 0.400. The first-order valence-electron chi connectivity index (χ1n) is 4.81. The molecule has 0 spiro atoms. The molecular formula is C10H15N3O2S. The summed E-state index contributed by atoms with van der Waals surface area (Å²) in [6.45, 7) is 3.80. The van der Waals surface area contributed by atoms with E-state index < -0.39 is 0 Å². The lowest BCUT2D eigenvalue weighted by Crippen LogP contribution is -2.16. The Morgan fingerprint density at radius 3 is 2.88 bits per heavy atom. The van der Waals surface area contributed by atoms with Crippen molar-refractivity contribution in [1.82, 2.24) is 4.98 Å². The second-order valence-electron chi connectivity index (χ2n) is 3.40. The molecule has 0 aliphatic heterocycles. The Kier molecular flexibility index (Phi) is 4.57. The average Bonchev–Trinajstić information content (AvgIpc) is 2.28. The first kappa shape index (κ1) is 12.8. The van der Waals surface area contributed by atoms with Gasteiger partial charge in [-0.05, 0) is 19.1 Å². The standard InChI is InChI=1S/C10H15N3O2S/c1-6-3-4-8(9(11)13-15)10(12-6)16-7(2)5-14/h3-4,7,14-15H,5H2,1-2H3,(H2,11,13). The van der Waals surface area contributed by atoms with Gasteiger partial charge < -0.3 is 16.0 Å². The van der Waals surface area contributed by atoms with Crippen molar-refractivity contribution in [3.8, 4) is 0 Å². The average molecular weight is 241 g/mol. The van der Waals surface area contributed by atoms with Gasteiger partial charge in [0.2, 0.25) is 0 Å². The molecule has 1 atom stereocenters. The first-order valence-corrected chi connectivity index (χ1v) is 5.69. The van der Waals surface area contributed by atoms with E-state index >= 15 is 0 Å². The number of hydrogen-bond acceptors (Lipinski definition) is 5. The summed E-state index contributed by atoms with van der Waals surface area (Å²) in [6, 6.07) is 3.55. The number of amidine groups is 1. The molecular weight excluding hydrogens is 226 g/mol. The van der Waals surface area contributed by atoms with Crippen LogP contribution in [0, 0.1) is 6.92 Å². The van der Waals surface area contributed by atoms with Crippen molar-refractivity contribution in [3.05, 3.63) is 23.4 Å². The number of nitrogens with zero attached hydrogens (tertiary/aromatic N) is 2. The van der Waals surface area contributed by atoms with Gasteiger partial charge in [-0.2, -0.15) is 0 Å². The minimum Gasteiger partial charge on any atom is -0.409 e.